The molecule has 1 aromatic heterocycles. The van der Waals surface area contributed by atoms with Crippen LogP contribution in [0.15, 0.2) is 66.0 Å². The van der Waals surface area contributed by atoms with Crippen LogP contribution in [0.25, 0.3) is 0 Å². The third-order valence-electron chi connectivity index (χ3n) is 3.16. The Labute approximate surface area is 146 Å². The second-order valence-electron chi connectivity index (χ2n) is 4.86. The maximum absolute atomic E-state index is 12.4. The average molecular weight is 361 g/mol. The van der Waals surface area contributed by atoms with Crippen LogP contribution in [0.2, 0.25) is 0 Å². The van der Waals surface area contributed by atoms with Crippen molar-refractivity contribution in [1.82, 2.24) is 0 Å². The Balaban J connectivity index is 1.79. The zero-order valence-corrected chi connectivity index (χ0v) is 13.6. The zero-order chi connectivity index (χ0) is 17.6. The fourth-order valence-electron chi connectivity index (χ4n) is 2.11. The molecule has 1 amide bonds. The molecule has 0 unspecified atom stereocenters. The number of alkyl halides is 2. The monoisotopic (exact) mass is 361 g/mol. The first-order valence-corrected chi connectivity index (χ1v) is 8.17. The molecule has 0 spiro atoms. The van der Waals surface area contributed by atoms with Crippen molar-refractivity contribution in [2.75, 3.05) is 5.32 Å². The quantitative estimate of drug-likeness (QED) is 0.640. The summed E-state index contributed by atoms with van der Waals surface area (Å²) < 4.78 is 34.9. The summed E-state index contributed by atoms with van der Waals surface area (Å²) in [6, 6.07) is 17.3. The van der Waals surface area contributed by atoms with Crippen LogP contribution in [-0.4, -0.2) is 12.5 Å². The Hall–Kier alpha value is -2.93. The van der Waals surface area contributed by atoms with Gasteiger partial charge >= 0.3 is 6.61 Å². The van der Waals surface area contributed by atoms with E-state index in [1.165, 1.54) is 11.4 Å². The number of amides is 1. The molecule has 0 saturated carbocycles. The molecule has 1 N–H and O–H groups in total. The zero-order valence-electron chi connectivity index (χ0n) is 12.8. The molecular formula is C18H13F2NO3S. The Bertz CT molecular complexity index is 852. The average Bonchev–Trinajstić information content (AvgIpc) is 3.05. The van der Waals surface area contributed by atoms with Crippen molar-refractivity contribution in [3.05, 3.63) is 70.9 Å². The molecule has 4 nitrogen and oxygen atoms in total. The first-order chi connectivity index (χ1) is 12.1. The number of nitrogens with one attached hydrogen (secondary N) is 1. The predicted molar refractivity (Wildman–Crippen MR) is 91.9 cm³/mol. The molecule has 0 fully saturated rings. The normalized spacial score (nSPS) is 10.5. The van der Waals surface area contributed by atoms with E-state index in [1.54, 1.807) is 36.4 Å². The summed E-state index contributed by atoms with van der Waals surface area (Å²) in [7, 11) is 0. The number of para-hydroxylation sites is 3. The minimum atomic E-state index is -2.99. The van der Waals surface area contributed by atoms with Gasteiger partial charge in [-0.2, -0.15) is 8.78 Å². The van der Waals surface area contributed by atoms with Crippen LogP contribution in [0.4, 0.5) is 14.5 Å². The first-order valence-electron chi connectivity index (χ1n) is 7.29. The van der Waals surface area contributed by atoms with Crippen molar-refractivity contribution in [3.63, 3.8) is 0 Å². The van der Waals surface area contributed by atoms with Crippen LogP contribution in [0.3, 0.4) is 0 Å². The van der Waals surface area contributed by atoms with Crippen molar-refractivity contribution in [3.8, 4) is 17.2 Å². The molecule has 0 saturated heterocycles. The molecule has 0 radical (unpaired) electrons. The summed E-state index contributed by atoms with van der Waals surface area (Å²) in [5.41, 5.74) is 0.424. The molecular weight excluding hydrogens is 348 g/mol. The summed E-state index contributed by atoms with van der Waals surface area (Å²) in [5.74, 6) is 0.352. The second-order valence-corrected chi connectivity index (χ2v) is 5.77. The molecule has 3 aromatic rings. The molecule has 0 aliphatic carbocycles. The van der Waals surface area contributed by atoms with E-state index in [9.17, 15) is 13.6 Å². The smallest absolute Gasteiger partial charge is 0.387 e. The molecule has 25 heavy (non-hydrogen) atoms. The van der Waals surface area contributed by atoms with Crippen molar-refractivity contribution in [2.24, 2.45) is 0 Å². The van der Waals surface area contributed by atoms with E-state index >= 15 is 0 Å². The molecule has 7 heteroatoms. The Morgan fingerprint density at radius 3 is 2.44 bits per heavy atom. The number of benzene rings is 2. The van der Waals surface area contributed by atoms with E-state index in [1.807, 2.05) is 18.2 Å². The number of hydrogen-bond donors (Lipinski definition) is 1. The lowest BCUT2D eigenvalue weighted by Crippen LogP contribution is -2.13. The fourth-order valence-corrected chi connectivity index (χ4v) is 2.82. The highest BCUT2D eigenvalue weighted by molar-refractivity contribution is 7.12. The van der Waals surface area contributed by atoms with Gasteiger partial charge in [-0.25, -0.2) is 0 Å². The molecule has 0 aliphatic rings. The highest BCUT2D eigenvalue weighted by atomic mass is 32.1. The highest BCUT2D eigenvalue weighted by Gasteiger charge is 2.19. The summed E-state index contributed by atoms with van der Waals surface area (Å²) in [6.07, 6.45) is 0. The number of thiophene rings is 1. The Morgan fingerprint density at radius 2 is 1.68 bits per heavy atom. The lowest BCUT2D eigenvalue weighted by atomic mass is 10.2. The van der Waals surface area contributed by atoms with Gasteiger partial charge in [-0.15, -0.1) is 11.3 Å². The van der Waals surface area contributed by atoms with Crippen LogP contribution in [0, 0.1) is 0 Å². The molecule has 0 atom stereocenters. The fraction of sp³-hybridized carbons (Fsp3) is 0.0556. The van der Waals surface area contributed by atoms with Gasteiger partial charge < -0.3 is 14.8 Å². The van der Waals surface area contributed by atoms with E-state index in [0.717, 1.165) is 11.3 Å². The summed E-state index contributed by atoms with van der Waals surface area (Å²) in [6.45, 7) is -2.99. The minimum Gasteiger partial charge on any atom is -0.455 e. The number of hydrogen-bond acceptors (Lipinski definition) is 4. The number of ether oxygens (including phenoxy) is 2. The van der Waals surface area contributed by atoms with E-state index < -0.39 is 12.5 Å². The summed E-state index contributed by atoms with van der Waals surface area (Å²) in [5, 5.41) is 4.18. The lowest BCUT2D eigenvalue weighted by Gasteiger charge is -2.12. The van der Waals surface area contributed by atoms with Gasteiger partial charge in [-0.1, -0.05) is 30.3 Å². The van der Waals surface area contributed by atoms with Gasteiger partial charge in [-0.05, 0) is 35.7 Å². The van der Waals surface area contributed by atoms with Crippen LogP contribution in [0.1, 0.15) is 9.67 Å². The third kappa shape index (κ3) is 4.33. The van der Waals surface area contributed by atoms with Gasteiger partial charge in [0.1, 0.15) is 16.4 Å². The van der Waals surface area contributed by atoms with Crippen molar-refractivity contribution in [2.45, 2.75) is 6.61 Å². The molecule has 0 aliphatic heterocycles. The maximum atomic E-state index is 12.4. The highest BCUT2D eigenvalue weighted by Crippen LogP contribution is 2.32. The molecule has 2 aromatic carbocycles. The molecule has 0 bridgehead atoms. The van der Waals surface area contributed by atoms with Gasteiger partial charge in [0.05, 0.1) is 5.69 Å². The molecule has 3 rings (SSSR count). The predicted octanol–water partition coefficient (Wildman–Crippen LogP) is 5.39. The van der Waals surface area contributed by atoms with Gasteiger partial charge in [0.15, 0.2) is 5.75 Å². The second kappa shape index (κ2) is 7.76. The summed E-state index contributed by atoms with van der Waals surface area (Å²) >= 11 is 1.02. The Kier molecular flexibility index (Phi) is 5.25. The largest absolute Gasteiger partial charge is 0.455 e. The van der Waals surface area contributed by atoms with Crippen LogP contribution < -0.4 is 14.8 Å². The SMILES string of the molecule is O=C(Nc1ccccc1Oc1ccccc1)c1sccc1OC(F)F. The summed E-state index contributed by atoms with van der Waals surface area (Å²) in [4.78, 5) is 12.5. The van der Waals surface area contributed by atoms with E-state index in [0.29, 0.717) is 17.2 Å². The van der Waals surface area contributed by atoms with Crippen molar-refractivity contribution < 1.29 is 23.0 Å². The topological polar surface area (TPSA) is 47.6 Å². The minimum absolute atomic E-state index is 0.0646. The van der Waals surface area contributed by atoms with Crippen LogP contribution in [-0.2, 0) is 0 Å². The van der Waals surface area contributed by atoms with Crippen LogP contribution in [0.5, 0.6) is 17.2 Å². The number of halogens is 2. The van der Waals surface area contributed by atoms with E-state index in [2.05, 4.69) is 10.1 Å². The lowest BCUT2D eigenvalue weighted by molar-refractivity contribution is -0.0498. The first kappa shape index (κ1) is 16.9. The molecule has 1 heterocycles. The van der Waals surface area contributed by atoms with Gasteiger partial charge in [-0.3, -0.25) is 4.79 Å². The van der Waals surface area contributed by atoms with E-state index in [4.69, 9.17) is 4.74 Å². The maximum Gasteiger partial charge on any atom is 0.387 e. The van der Waals surface area contributed by atoms with Gasteiger partial charge in [0.25, 0.3) is 5.91 Å². The van der Waals surface area contributed by atoms with Crippen molar-refractivity contribution in [1.29, 1.82) is 0 Å². The van der Waals surface area contributed by atoms with Gasteiger partial charge in [0, 0.05) is 0 Å². The van der Waals surface area contributed by atoms with Gasteiger partial charge in [0.2, 0.25) is 0 Å². The number of anilines is 1. The molecule has 128 valence electrons. The number of rotatable bonds is 6. The number of carbonyl (C=O) groups excluding carboxylic acids is 1. The van der Waals surface area contributed by atoms with Crippen LogP contribution >= 0.6 is 11.3 Å². The Morgan fingerprint density at radius 1 is 0.960 bits per heavy atom. The number of carbonyl (C=O) groups is 1. The standard InChI is InChI=1S/C18H13F2NO3S/c19-18(20)24-15-10-11-25-16(15)17(22)21-13-8-4-5-9-14(13)23-12-6-2-1-3-7-12/h1-11,18H,(H,21,22). The third-order valence-corrected chi connectivity index (χ3v) is 4.05. The van der Waals surface area contributed by atoms with Crippen molar-refractivity contribution >= 4 is 22.9 Å². The van der Waals surface area contributed by atoms with E-state index in [-0.39, 0.29) is 10.6 Å².